The molecule has 0 bridgehead atoms. The van der Waals surface area contributed by atoms with Crippen LogP contribution >= 0.6 is 0 Å². The fraction of sp³-hybridized carbons (Fsp3) is 0.391. The molecule has 0 aromatic heterocycles. The number of carbonyl (C=O) groups is 2. The van der Waals surface area contributed by atoms with E-state index in [0.717, 1.165) is 31.5 Å². The molecule has 1 aliphatic rings. The third-order valence-corrected chi connectivity index (χ3v) is 5.06. The standard InChI is InChI=1S/C23H29N3O2/c27-22(18-26-15-9-2-1-3-10-16-26)25-21-14-8-7-13-20(21)23(28)24-17-19-11-5-4-6-12-19/h4-8,11-14H,1-3,9-10,15-18H2,(H,24,28)(H,25,27). The molecule has 5 heteroatoms. The van der Waals surface area contributed by atoms with Crippen molar-refractivity contribution in [3.05, 3.63) is 65.7 Å². The van der Waals surface area contributed by atoms with E-state index in [9.17, 15) is 9.59 Å². The first kappa shape index (κ1) is 20.1. The molecule has 1 saturated heterocycles. The highest BCUT2D eigenvalue weighted by Gasteiger charge is 2.16. The smallest absolute Gasteiger partial charge is 0.253 e. The SMILES string of the molecule is O=C(CN1CCCCCCC1)Nc1ccccc1C(=O)NCc1ccccc1. The third-order valence-electron chi connectivity index (χ3n) is 5.06. The van der Waals surface area contributed by atoms with Crippen molar-refractivity contribution in [1.29, 1.82) is 0 Å². The van der Waals surface area contributed by atoms with Gasteiger partial charge < -0.3 is 10.6 Å². The monoisotopic (exact) mass is 379 g/mol. The van der Waals surface area contributed by atoms with Crippen LogP contribution in [0.1, 0.15) is 48.0 Å². The second-order valence-electron chi connectivity index (χ2n) is 7.31. The normalized spacial score (nSPS) is 15.3. The summed E-state index contributed by atoms with van der Waals surface area (Å²) in [5.74, 6) is -0.255. The minimum atomic E-state index is -0.189. The van der Waals surface area contributed by atoms with E-state index in [0.29, 0.717) is 24.3 Å². The number of hydrogen-bond acceptors (Lipinski definition) is 3. The number of hydrogen-bond donors (Lipinski definition) is 2. The van der Waals surface area contributed by atoms with Crippen LogP contribution < -0.4 is 10.6 Å². The molecule has 2 aromatic carbocycles. The predicted molar refractivity (Wildman–Crippen MR) is 112 cm³/mol. The fourth-order valence-electron chi connectivity index (χ4n) is 3.53. The maximum atomic E-state index is 12.6. The molecule has 1 aliphatic heterocycles. The molecule has 2 aromatic rings. The summed E-state index contributed by atoms with van der Waals surface area (Å²) in [6.45, 7) is 2.76. The summed E-state index contributed by atoms with van der Waals surface area (Å²) in [7, 11) is 0. The number of benzene rings is 2. The number of amides is 2. The Morgan fingerprint density at radius 3 is 2.21 bits per heavy atom. The van der Waals surface area contributed by atoms with Gasteiger partial charge in [-0.2, -0.15) is 0 Å². The van der Waals surface area contributed by atoms with E-state index < -0.39 is 0 Å². The molecule has 0 radical (unpaired) electrons. The minimum Gasteiger partial charge on any atom is -0.348 e. The molecule has 0 aliphatic carbocycles. The van der Waals surface area contributed by atoms with Crippen LogP contribution in [0.4, 0.5) is 5.69 Å². The number of anilines is 1. The van der Waals surface area contributed by atoms with Gasteiger partial charge in [-0.05, 0) is 43.6 Å². The average molecular weight is 380 g/mol. The molecule has 2 N–H and O–H groups in total. The molecule has 0 atom stereocenters. The van der Waals surface area contributed by atoms with Crippen LogP contribution in [-0.2, 0) is 11.3 Å². The van der Waals surface area contributed by atoms with Crippen molar-refractivity contribution < 1.29 is 9.59 Å². The van der Waals surface area contributed by atoms with Crippen LogP contribution in [0, 0.1) is 0 Å². The maximum absolute atomic E-state index is 12.6. The zero-order valence-electron chi connectivity index (χ0n) is 16.3. The summed E-state index contributed by atoms with van der Waals surface area (Å²) in [5, 5.41) is 5.86. The van der Waals surface area contributed by atoms with Gasteiger partial charge in [0.05, 0.1) is 17.8 Å². The first-order chi connectivity index (χ1) is 13.7. The Morgan fingerprint density at radius 2 is 1.46 bits per heavy atom. The molecule has 1 fully saturated rings. The molecule has 28 heavy (non-hydrogen) atoms. The summed E-state index contributed by atoms with van der Waals surface area (Å²) < 4.78 is 0. The Hall–Kier alpha value is -2.66. The van der Waals surface area contributed by atoms with E-state index in [4.69, 9.17) is 0 Å². The van der Waals surface area contributed by atoms with E-state index >= 15 is 0 Å². The van der Waals surface area contributed by atoms with Crippen LogP contribution in [0.2, 0.25) is 0 Å². The van der Waals surface area contributed by atoms with E-state index in [-0.39, 0.29) is 11.8 Å². The van der Waals surface area contributed by atoms with Gasteiger partial charge in [-0.15, -0.1) is 0 Å². The van der Waals surface area contributed by atoms with E-state index in [1.165, 1.54) is 19.3 Å². The summed E-state index contributed by atoms with van der Waals surface area (Å²) in [6.07, 6.45) is 6.06. The van der Waals surface area contributed by atoms with Crippen LogP contribution in [0.25, 0.3) is 0 Å². The second-order valence-corrected chi connectivity index (χ2v) is 7.31. The number of rotatable bonds is 6. The summed E-state index contributed by atoms with van der Waals surface area (Å²) in [5.41, 5.74) is 2.08. The van der Waals surface area contributed by atoms with E-state index in [1.54, 1.807) is 12.1 Å². The summed E-state index contributed by atoms with van der Waals surface area (Å²) in [6, 6.07) is 16.9. The third kappa shape index (κ3) is 6.20. The Labute approximate surface area is 167 Å². The maximum Gasteiger partial charge on any atom is 0.253 e. The van der Waals surface area contributed by atoms with Gasteiger partial charge in [0.2, 0.25) is 5.91 Å². The Morgan fingerprint density at radius 1 is 0.821 bits per heavy atom. The molecule has 2 amide bonds. The average Bonchev–Trinajstić information content (AvgIpc) is 2.69. The predicted octanol–water partition coefficient (Wildman–Crippen LogP) is 3.82. The van der Waals surface area contributed by atoms with Gasteiger partial charge in [0.1, 0.15) is 0 Å². The number of likely N-dealkylation sites (tertiary alicyclic amines) is 1. The van der Waals surface area contributed by atoms with Crippen molar-refractivity contribution in [3.8, 4) is 0 Å². The topological polar surface area (TPSA) is 61.4 Å². The lowest BCUT2D eigenvalue weighted by atomic mass is 10.1. The first-order valence-electron chi connectivity index (χ1n) is 10.2. The molecule has 5 nitrogen and oxygen atoms in total. The van der Waals surface area contributed by atoms with Crippen molar-refractivity contribution in [1.82, 2.24) is 10.2 Å². The molecule has 0 saturated carbocycles. The fourth-order valence-corrected chi connectivity index (χ4v) is 3.53. The lowest BCUT2D eigenvalue weighted by Crippen LogP contribution is -2.35. The van der Waals surface area contributed by atoms with Gasteiger partial charge in [-0.25, -0.2) is 0 Å². The Bertz CT molecular complexity index is 768. The number of carbonyl (C=O) groups excluding carboxylic acids is 2. The lowest BCUT2D eigenvalue weighted by Gasteiger charge is -2.24. The summed E-state index contributed by atoms with van der Waals surface area (Å²) in [4.78, 5) is 27.4. The van der Waals surface area contributed by atoms with Crippen molar-refractivity contribution in [3.63, 3.8) is 0 Å². The van der Waals surface area contributed by atoms with Crippen molar-refractivity contribution in [2.45, 2.75) is 38.6 Å². The highest BCUT2D eigenvalue weighted by molar-refractivity contribution is 6.04. The van der Waals surface area contributed by atoms with Crippen molar-refractivity contribution in [2.75, 3.05) is 25.0 Å². The number of nitrogens with one attached hydrogen (secondary N) is 2. The molecule has 148 valence electrons. The van der Waals surface area contributed by atoms with Crippen LogP contribution in [0.15, 0.2) is 54.6 Å². The minimum absolute atomic E-state index is 0.0658. The molecule has 1 heterocycles. The Balaban J connectivity index is 1.58. The molecular formula is C23H29N3O2. The highest BCUT2D eigenvalue weighted by atomic mass is 16.2. The van der Waals surface area contributed by atoms with Gasteiger partial charge in [0.25, 0.3) is 5.91 Å². The first-order valence-corrected chi connectivity index (χ1v) is 10.2. The van der Waals surface area contributed by atoms with Gasteiger partial charge in [0.15, 0.2) is 0 Å². The van der Waals surface area contributed by atoms with E-state index in [1.807, 2.05) is 42.5 Å². The second kappa shape index (κ2) is 10.6. The number of nitrogens with zero attached hydrogens (tertiary/aromatic N) is 1. The van der Waals surface area contributed by atoms with Crippen LogP contribution in [0.3, 0.4) is 0 Å². The van der Waals surface area contributed by atoms with Crippen LogP contribution in [0.5, 0.6) is 0 Å². The molecule has 3 rings (SSSR count). The number of para-hydroxylation sites is 1. The van der Waals surface area contributed by atoms with Gasteiger partial charge >= 0.3 is 0 Å². The molecular weight excluding hydrogens is 350 g/mol. The van der Waals surface area contributed by atoms with Gasteiger partial charge in [0, 0.05) is 6.54 Å². The summed E-state index contributed by atoms with van der Waals surface area (Å²) >= 11 is 0. The molecule has 0 spiro atoms. The van der Waals surface area contributed by atoms with Crippen molar-refractivity contribution >= 4 is 17.5 Å². The molecule has 0 unspecified atom stereocenters. The highest BCUT2D eigenvalue weighted by Crippen LogP contribution is 2.16. The Kier molecular flexibility index (Phi) is 7.62. The zero-order chi connectivity index (χ0) is 19.6. The lowest BCUT2D eigenvalue weighted by molar-refractivity contribution is -0.117. The largest absolute Gasteiger partial charge is 0.348 e. The van der Waals surface area contributed by atoms with E-state index in [2.05, 4.69) is 15.5 Å². The zero-order valence-corrected chi connectivity index (χ0v) is 16.3. The van der Waals surface area contributed by atoms with Gasteiger partial charge in [-0.1, -0.05) is 61.7 Å². The quantitative estimate of drug-likeness (QED) is 0.802. The van der Waals surface area contributed by atoms with Crippen molar-refractivity contribution in [2.24, 2.45) is 0 Å². The van der Waals surface area contributed by atoms with Gasteiger partial charge in [-0.3, -0.25) is 14.5 Å². The van der Waals surface area contributed by atoms with Crippen LogP contribution in [-0.4, -0.2) is 36.3 Å².